The second kappa shape index (κ2) is 8.78. The molecule has 1 fully saturated rings. The summed E-state index contributed by atoms with van der Waals surface area (Å²) in [4.78, 5) is 22.7. The molecule has 0 atom stereocenters. The number of esters is 1. The van der Waals surface area contributed by atoms with Gasteiger partial charge in [-0.1, -0.05) is 6.07 Å². The van der Waals surface area contributed by atoms with E-state index in [1.807, 2.05) is 0 Å². The van der Waals surface area contributed by atoms with Crippen LogP contribution < -0.4 is 10.1 Å². The maximum Gasteiger partial charge on any atom is 0.573 e. The number of ether oxygens (including phenoxy) is 2. The number of halogens is 3. The molecule has 12 heteroatoms. The van der Waals surface area contributed by atoms with Crippen molar-refractivity contribution >= 4 is 21.9 Å². The molecular weight excluding hydrogens is 405 g/mol. The van der Waals surface area contributed by atoms with E-state index in [9.17, 15) is 31.2 Å². The summed E-state index contributed by atoms with van der Waals surface area (Å²) >= 11 is 0. The first kappa shape index (κ1) is 22.0. The fraction of sp³-hybridized carbons (Fsp3) is 0.500. The number of amides is 1. The van der Waals surface area contributed by atoms with E-state index < -0.39 is 34.0 Å². The molecule has 0 spiro atoms. The van der Waals surface area contributed by atoms with Gasteiger partial charge in [-0.05, 0) is 25.0 Å². The lowest BCUT2D eigenvalue weighted by atomic mass is 9.97. The van der Waals surface area contributed by atoms with E-state index in [0.29, 0.717) is 0 Å². The van der Waals surface area contributed by atoms with E-state index in [1.54, 1.807) is 0 Å². The molecule has 28 heavy (non-hydrogen) atoms. The molecule has 0 radical (unpaired) electrons. The average Bonchev–Trinajstić information content (AvgIpc) is 2.64. The highest BCUT2D eigenvalue weighted by Gasteiger charge is 2.34. The van der Waals surface area contributed by atoms with Crippen LogP contribution in [0.15, 0.2) is 29.2 Å². The summed E-state index contributed by atoms with van der Waals surface area (Å²) in [6, 6.07) is 4.14. The topological polar surface area (TPSA) is 102 Å². The number of hydrogen-bond acceptors (Lipinski definition) is 6. The van der Waals surface area contributed by atoms with E-state index >= 15 is 0 Å². The summed E-state index contributed by atoms with van der Waals surface area (Å²) in [5.41, 5.74) is 0. The van der Waals surface area contributed by atoms with Gasteiger partial charge in [-0.25, -0.2) is 8.42 Å². The molecule has 0 aliphatic carbocycles. The Balaban J connectivity index is 2.00. The lowest BCUT2D eigenvalue weighted by molar-refractivity contribution is -0.274. The van der Waals surface area contributed by atoms with Crippen LogP contribution in [0.3, 0.4) is 0 Å². The molecule has 1 aliphatic heterocycles. The zero-order valence-corrected chi connectivity index (χ0v) is 15.7. The lowest BCUT2D eigenvalue weighted by Crippen LogP contribution is -2.43. The number of carbonyl (C=O) groups excluding carboxylic acids is 2. The van der Waals surface area contributed by atoms with Crippen LogP contribution in [0.4, 0.5) is 13.2 Å². The number of nitrogens with one attached hydrogen (secondary N) is 1. The lowest BCUT2D eigenvalue weighted by Gasteiger charge is -2.30. The van der Waals surface area contributed by atoms with Gasteiger partial charge >= 0.3 is 12.3 Å². The molecule has 0 aromatic heterocycles. The Morgan fingerprint density at radius 2 is 1.89 bits per heavy atom. The maximum atomic E-state index is 12.7. The zero-order valence-electron chi connectivity index (χ0n) is 14.9. The van der Waals surface area contributed by atoms with Gasteiger partial charge in [0.2, 0.25) is 15.9 Å². The zero-order chi connectivity index (χ0) is 20.9. The summed E-state index contributed by atoms with van der Waals surface area (Å²) in [5, 5.41) is 2.41. The predicted molar refractivity (Wildman–Crippen MR) is 89.6 cm³/mol. The van der Waals surface area contributed by atoms with Crippen molar-refractivity contribution in [3.63, 3.8) is 0 Å². The first-order chi connectivity index (χ1) is 13.0. The number of alkyl halides is 3. The molecule has 156 valence electrons. The van der Waals surface area contributed by atoms with Crippen LogP contribution in [0, 0.1) is 5.92 Å². The number of benzene rings is 1. The molecule has 1 heterocycles. The van der Waals surface area contributed by atoms with Crippen molar-refractivity contribution in [1.82, 2.24) is 9.62 Å². The third-order valence-corrected chi connectivity index (χ3v) is 6.03. The van der Waals surface area contributed by atoms with Gasteiger partial charge in [-0.2, -0.15) is 4.31 Å². The smallest absolute Gasteiger partial charge is 0.468 e. The number of nitrogens with zero attached hydrogens (tertiary/aromatic N) is 1. The van der Waals surface area contributed by atoms with Crippen molar-refractivity contribution in [2.45, 2.75) is 24.1 Å². The minimum Gasteiger partial charge on any atom is -0.468 e. The Hall–Kier alpha value is -2.34. The molecule has 1 aromatic carbocycles. The number of sulfonamides is 1. The number of hydrogen-bond donors (Lipinski definition) is 1. The molecule has 1 saturated heterocycles. The second-order valence-electron chi connectivity index (χ2n) is 5.99. The highest BCUT2D eigenvalue weighted by molar-refractivity contribution is 7.89. The van der Waals surface area contributed by atoms with E-state index in [1.165, 1.54) is 13.2 Å². The van der Waals surface area contributed by atoms with Gasteiger partial charge in [-0.3, -0.25) is 9.59 Å². The van der Waals surface area contributed by atoms with Crippen LogP contribution in [0.2, 0.25) is 0 Å². The minimum atomic E-state index is -4.93. The van der Waals surface area contributed by atoms with E-state index in [0.717, 1.165) is 22.5 Å². The minimum absolute atomic E-state index is 0.0169. The third kappa shape index (κ3) is 5.83. The summed E-state index contributed by atoms with van der Waals surface area (Å²) < 4.78 is 71.6. The van der Waals surface area contributed by atoms with Crippen molar-refractivity contribution in [2.75, 3.05) is 26.7 Å². The SMILES string of the molecule is COC(=O)CNC(=O)C1CCN(S(=O)(=O)c2cccc(OC(F)(F)F)c2)CC1. The maximum absolute atomic E-state index is 12.7. The highest BCUT2D eigenvalue weighted by Crippen LogP contribution is 2.28. The molecule has 0 saturated carbocycles. The fourth-order valence-electron chi connectivity index (χ4n) is 2.71. The van der Waals surface area contributed by atoms with E-state index in [-0.39, 0.29) is 43.3 Å². The van der Waals surface area contributed by atoms with Gasteiger partial charge in [0.25, 0.3) is 0 Å². The van der Waals surface area contributed by atoms with Gasteiger partial charge in [0.15, 0.2) is 0 Å². The Kier molecular flexibility index (Phi) is 6.88. The standard InChI is InChI=1S/C16H19F3N2O6S/c1-26-14(22)10-20-15(23)11-5-7-21(8-6-11)28(24,25)13-4-2-3-12(9-13)27-16(17,18)19/h2-4,9,11H,5-8,10H2,1H3,(H,20,23). The third-order valence-electron chi connectivity index (χ3n) is 4.14. The molecule has 1 N–H and O–H groups in total. The van der Waals surface area contributed by atoms with Crippen LogP contribution in [-0.2, 0) is 24.3 Å². The summed E-state index contributed by atoms with van der Waals surface area (Å²) in [7, 11) is -2.85. The van der Waals surface area contributed by atoms with Gasteiger partial charge in [0.05, 0.1) is 12.0 Å². The Morgan fingerprint density at radius 1 is 1.25 bits per heavy atom. The van der Waals surface area contributed by atoms with Gasteiger partial charge in [0.1, 0.15) is 12.3 Å². The predicted octanol–water partition coefficient (Wildman–Crippen LogP) is 1.28. The monoisotopic (exact) mass is 424 g/mol. The van der Waals surface area contributed by atoms with Gasteiger partial charge in [0, 0.05) is 25.1 Å². The summed E-state index contributed by atoms with van der Waals surface area (Å²) in [6.07, 6.45) is -4.51. The fourth-order valence-corrected chi connectivity index (χ4v) is 4.22. The van der Waals surface area contributed by atoms with Crippen molar-refractivity contribution in [2.24, 2.45) is 5.92 Å². The van der Waals surface area contributed by atoms with Crippen molar-refractivity contribution in [3.05, 3.63) is 24.3 Å². The highest BCUT2D eigenvalue weighted by atomic mass is 32.2. The molecule has 1 amide bonds. The van der Waals surface area contributed by atoms with Crippen LogP contribution in [0.1, 0.15) is 12.8 Å². The Morgan fingerprint density at radius 3 is 2.46 bits per heavy atom. The average molecular weight is 424 g/mol. The molecular formula is C16H19F3N2O6S. The van der Waals surface area contributed by atoms with Crippen molar-refractivity contribution in [1.29, 1.82) is 0 Å². The van der Waals surface area contributed by atoms with Gasteiger partial charge < -0.3 is 14.8 Å². The van der Waals surface area contributed by atoms with Gasteiger partial charge in [-0.15, -0.1) is 13.2 Å². The number of methoxy groups -OCH3 is 1. The van der Waals surface area contributed by atoms with Crippen LogP contribution >= 0.6 is 0 Å². The largest absolute Gasteiger partial charge is 0.573 e. The van der Waals surface area contributed by atoms with E-state index in [4.69, 9.17) is 0 Å². The molecule has 1 aliphatic rings. The first-order valence-corrected chi connectivity index (χ1v) is 9.67. The molecule has 0 unspecified atom stereocenters. The first-order valence-electron chi connectivity index (χ1n) is 8.23. The molecule has 0 bridgehead atoms. The summed E-state index contributed by atoms with van der Waals surface area (Å²) in [5.74, 6) is -2.10. The molecule has 2 rings (SSSR count). The molecule has 1 aromatic rings. The number of rotatable bonds is 6. The Labute approximate surface area is 159 Å². The normalized spacial score (nSPS) is 16.4. The Bertz CT molecular complexity index is 820. The number of piperidine rings is 1. The summed E-state index contributed by atoms with van der Waals surface area (Å²) in [6.45, 7) is -0.244. The van der Waals surface area contributed by atoms with Crippen LogP contribution in [0.5, 0.6) is 5.75 Å². The van der Waals surface area contributed by atoms with Crippen LogP contribution in [0.25, 0.3) is 0 Å². The van der Waals surface area contributed by atoms with Crippen LogP contribution in [-0.4, -0.2) is 57.7 Å². The van der Waals surface area contributed by atoms with Crippen molar-refractivity contribution < 1.29 is 40.7 Å². The van der Waals surface area contributed by atoms with Crippen molar-refractivity contribution in [3.8, 4) is 5.75 Å². The quantitative estimate of drug-likeness (QED) is 0.691. The molecule has 8 nitrogen and oxygen atoms in total. The second-order valence-corrected chi connectivity index (χ2v) is 7.93. The number of carbonyl (C=O) groups is 2. The van der Waals surface area contributed by atoms with E-state index in [2.05, 4.69) is 14.8 Å².